The molecule has 0 aromatic heterocycles. The highest BCUT2D eigenvalue weighted by Gasteiger charge is 2.22. The molecule has 2 saturated heterocycles. The smallest absolute Gasteiger partial charge is 0.164 e. The number of methoxy groups -OCH3 is 1. The lowest BCUT2D eigenvalue weighted by Crippen LogP contribution is -2.35. The Hall–Kier alpha value is -1.26. The molecule has 1 unspecified atom stereocenters. The lowest BCUT2D eigenvalue weighted by Gasteiger charge is -2.28. The average Bonchev–Trinajstić information content (AvgIpc) is 2.58. The molecule has 0 aliphatic carbocycles. The lowest BCUT2D eigenvalue weighted by atomic mass is 9.97. The van der Waals surface area contributed by atoms with E-state index in [1.807, 2.05) is 6.07 Å². The zero-order valence-electron chi connectivity index (χ0n) is 13.5. The Labute approximate surface area is 133 Å². The van der Waals surface area contributed by atoms with Crippen LogP contribution in [0.4, 0.5) is 0 Å². The third kappa shape index (κ3) is 3.93. The highest BCUT2D eigenvalue weighted by Crippen LogP contribution is 2.34. The molecule has 1 atom stereocenters. The standard InChI is InChI=1S/C18H27NO3/c1-20-17-7-4-5-14(13-15-6-2-3-10-19-15)18(17)22-16-8-11-21-12-9-16/h4-5,7,15-16,19H,2-3,6,8-13H2,1H3. The molecule has 4 nitrogen and oxygen atoms in total. The van der Waals surface area contributed by atoms with Gasteiger partial charge >= 0.3 is 0 Å². The second-order valence-electron chi connectivity index (χ2n) is 6.23. The van der Waals surface area contributed by atoms with Gasteiger partial charge < -0.3 is 19.5 Å². The van der Waals surface area contributed by atoms with Crippen molar-refractivity contribution in [2.24, 2.45) is 0 Å². The lowest BCUT2D eigenvalue weighted by molar-refractivity contribution is 0.0241. The number of piperidine rings is 1. The molecular formula is C18H27NO3. The molecule has 122 valence electrons. The molecule has 0 spiro atoms. The van der Waals surface area contributed by atoms with Crippen molar-refractivity contribution >= 4 is 0 Å². The maximum atomic E-state index is 6.32. The first-order valence-electron chi connectivity index (χ1n) is 8.50. The average molecular weight is 305 g/mol. The summed E-state index contributed by atoms with van der Waals surface area (Å²) in [7, 11) is 1.72. The molecule has 2 fully saturated rings. The predicted molar refractivity (Wildman–Crippen MR) is 86.8 cm³/mol. The van der Waals surface area contributed by atoms with Crippen molar-refractivity contribution in [1.82, 2.24) is 5.32 Å². The van der Waals surface area contributed by atoms with E-state index in [2.05, 4.69) is 17.4 Å². The van der Waals surface area contributed by atoms with Gasteiger partial charge in [-0.1, -0.05) is 18.6 Å². The van der Waals surface area contributed by atoms with Gasteiger partial charge in [-0.25, -0.2) is 0 Å². The van der Waals surface area contributed by atoms with E-state index in [9.17, 15) is 0 Å². The van der Waals surface area contributed by atoms with Crippen LogP contribution in [-0.4, -0.2) is 39.0 Å². The van der Waals surface area contributed by atoms with E-state index in [1.54, 1.807) is 7.11 Å². The number of benzene rings is 1. The molecule has 1 aromatic carbocycles. The maximum Gasteiger partial charge on any atom is 0.164 e. The van der Waals surface area contributed by atoms with Gasteiger partial charge in [0.25, 0.3) is 0 Å². The molecule has 1 aromatic rings. The van der Waals surface area contributed by atoms with E-state index in [-0.39, 0.29) is 6.10 Å². The summed E-state index contributed by atoms with van der Waals surface area (Å²) in [5, 5.41) is 3.62. The van der Waals surface area contributed by atoms with Crippen molar-refractivity contribution in [1.29, 1.82) is 0 Å². The van der Waals surface area contributed by atoms with E-state index in [4.69, 9.17) is 14.2 Å². The molecule has 0 radical (unpaired) electrons. The van der Waals surface area contributed by atoms with E-state index in [0.717, 1.165) is 50.5 Å². The van der Waals surface area contributed by atoms with Crippen LogP contribution in [0, 0.1) is 0 Å². The summed E-state index contributed by atoms with van der Waals surface area (Å²) >= 11 is 0. The molecule has 0 bridgehead atoms. The number of nitrogens with one attached hydrogen (secondary N) is 1. The number of hydrogen-bond donors (Lipinski definition) is 1. The minimum atomic E-state index is 0.239. The summed E-state index contributed by atoms with van der Waals surface area (Å²) in [5.41, 5.74) is 1.25. The molecule has 22 heavy (non-hydrogen) atoms. The van der Waals surface area contributed by atoms with Gasteiger partial charge in [0.05, 0.1) is 20.3 Å². The molecule has 4 heteroatoms. The Morgan fingerprint density at radius 2 is 2.05 bits per heavy atom. The SMILES string of the molecule is COc1cccc(CC2CCCCN2)c1OC1CCOCC1. The van der Waals surface area contributed by atoms with Gasteiger partial charge in [-0.05, 0) is 37.4 Å². The Bertz CT molecular complexity index is 465. The third-order valence-corrected chi connectivity index (χ3v) is 4.61. The number of hydrogen-bond acceptors (Lipinski definition) is 4. The van der Waals surface area contributed by atoms with Crippen LogP contribution >= 0.6 is 0 Å². The monoisotopic (exact) mass is 305 g/mol. The Balaban J connectivity index is 1.75. The number of para-hydroxylation sites is 1. The maximum absolute atomic E-state index is 6.32. The summed E-state index contributed by atoms with van der Waals surface area (Å²) in [5.74, 6) is 1.78. The summed E-state index contributed by atoms with van der Waals surface area (Å²) in [6, 6.07) is 6.78. The van der Waals surface area contributed by atoms with Gasteiger partial charge in [-0.15, -0.1) is 0 Å². The summed E-state index contributed by atoms with van der Waals surface area (Å²) in [6.45, 7) is 2.71. The van der Waals surface area contributed by atoms with E-state index < -0.39 is 0 Å². The molecule has 1 N–H and O–H groups in total. The zero-order chi connectivity index (χ0) is 15.2. The summed E-state index contributed by atoms with van der Waals surface area (Å²) in [4.78, 5) is 0. The van der Waals surface area contributed by atoms with Crippen LogP contribution in [-0.2, 0) is 11.2 Å². The Morgan fingerprint density at radius 1 is 1.18 bits per heavy atom. The van der Waals surface area contributed by atoms with Crippen LogP contribution in [0.1, 0.15) is 37.7 Å². The van der Waals surface area contributed by atoms with Gasteiger partial charge in [0.1, 0.15) is 6.10 Å². The van der Waals surface area contributed by atoms with Crippen molar-refractivity contribution in [2.75, 3.05) is 26.9 Å². The van der Waals surface area contributed by atoms with Crippen LogP contribution in [0.15, 0.2) is 18.2 Å². The van der Waals surface area contributed by atoms with Crippen molar-refractivity contribution in [3.05, 3.63) is 23.8 Å². The van der Waals surface area contributed by atoms with Crippen LogP contribution in [0.2, 0.25) is 0 Å². The van der Waals surface area contributed by atoms with Crippen molar-refractivity contribution < 1.29 is 14.2 Å². The minimum absolute atomic E-state index is 0.239. The third-order valence-electron chi connectivity index (χ3n) is 4.61. The number of ether oxygens (including phenoxy) is 3. The van der Waals surface area contributed by atoms with E-state index in [1.165, 1.54) is 24.8 Å². The Morgan fingerprint density at radius 3 is 2.77 bits per heavy atom. The van der Waals surface area contributed by atoms with E-state index >= 15 is 0 Å². The number of rotatable bonds is 5. The first-order chi connectivity index (χ1) is 10.9. The van der Waals surface area contributed by atoms with Crippen molar-refractivity contribution in [3.63, 3.8) is 0 Å². The molecule has 2 heterocycles. The van der Waals surface area contributed by atoms with Gasteiger partial charge in [-0.3, -0.25) is 0 Å². The van der Waals surface area contributed by atoms with Crippen LogP contribution in [0.5, 0.6) is 11.5 Å². The van der Waals surface area contributed by atoms with Gasteiger partial charge in [0, 0.05) is 18.9 Å². The van der Waals surface area contributed by atoms with Crippen LogP contribution < -0.4 is 14.8 Å². The van der Waals surface area contributed by atoms with Gasteiger partial charge in [0.15, 0.2) is 11.5 Å². The molecular weight excluding hydrogens is 278 g/mol. The van der Waals surface area contributed by atoms with E-state index in [0.29, 0.717) is 6.04 Å². The van der Waals surface area contributed by atoms with Gasteiger partial charge in [-0.2, -0.15) is 0 Å². The first kappa shape index (κ1) is 15.6. The quantitative estimate of drug-likeness (QED) is 0.908. The fourth-order valence-corrected chi connectivity index (χ4v) is 3.34. The first-order valence-corrected chi connectivity index (χ1v) is 8.50. The van der Waals surface area contributed by atoms with Crippen molar-refractivity contribution in [2.45, 2.75) is 50.7 Å². The summed E-state index contributed by atoms with van der Waals surface area (Å²) in [6.07, 6.45) is 7.02. The Kier molecular flexibility index (Phi) is 5.57. The fraction of sp³-hybridized carbons (Fsp3) is 0.667. The zero-order valence-corrected chi connectivity index (χ0v) is 13.5. The highest BCUT2D eigenvalue weighted by atomic mass is 16.5. The predicted octanol–water partition coefficient (Wildman–Crippen LogP) is 2.94. The van der Waals surface area contributed by atoms with Crippen LogP contribution in [0.3, 0.4) is 0 Å². The normalized spacial score (nSPS) is 23.2. The molecule has 2 aliphatic heterocycles. The van der Waals surface area contributed by atoms with Crippen molar-refractivity contribution in [3.8, 4) is 11.5 Å². The molecule has 3 rings (SSSR count). The molecule has 0 saturated carbocycles. The second-order valence-corrected chi connectivity index (χ2v) is 6.23. The second kappa shape index (κ2) is 7.84. The minimum Gasteiger partial charge on any atom is -0.493 e. The topological polar surface area (TPSA) is 39.7 Å². The summed E-state index contributed by atoms with van der Waals surface area (Å²) < 4.78 is 17.3. The molecule has 2 aliphatic rings. The van der Waals surface area contributed by atoms with Gasteiger partial charge in [0.2, 0.25) is 0 Å². The largest absolute Gasteiger partial charge is 0.493 e. The van der Waals surface area contributed by atoms with Crippen LogP contribution in [0.25, 0.3) is 0 Å². The fourth-order valence-electron chi connectivity index (χ4n) is 3.34. The highest BCUT2D eigenvalue weighted by molar-refractivity contribution is 5.47. The molecule has 0 amide bonds.